The standard InChI is InChI=1S/C19H15F3N6/c1-23-18-26-14-11-25-17(27-16-7-2-3-8-24-16)10-15(14)28(18)13-6-4-5-12(9-13)19(20,21)22/h2-11H,1H3,(H,23,26)(H,24,25,27). The Hall–Kier alpha value is -3.62. The Bertz CT molecular complexity index is 1120. The summed E-state index contributed by atoms with van der Waals surface area (Å²) in [5.74, 6) is 1.52. The molecule has 0 radical (unpaired) electrons. The fraction of sp³-hybridized carbons (Fsp3) is 0.105. The molecule has 0 spiro atoms. The Morgan fingerprint density at radius 2 is 1.82 bits per heavy atom. The zero-order chi connectivity index (χ0) is 19.7. The molecule has 3 aromatic heterocycles. The lowest BCUT2D eigenvalue weighted by Crippen LogP contribution is -2.07. The van der Waals surface area contributed by atoms with E-state index in [0.29, 0.717) is 34.3 Å². The number of anilines is 3. The van der Waals surface area contributed by atoms with Crippen LogP contribution < -0.4 is 10.6 Å². The molecule has 0 aliphatic carbocycles. The SMILES string of the molecule is CNc1nc2cnc(Nc3ccccn3)cc2n1-c1cccc(C(F)(F)F)c1. The number of hydrogen-bond acceptors (Lipinski definition) is 5. The minimum absolute atomic E-state index is 0.344. The number of alkyl halides is 3. The van der Waals surface area contributed by atoms with E-state index in [2.05, 4.69) is 25.6 Å². The van der Waals surface area contributed by atoms with Crippen LogP contribution >= 0.6 is 0 Å². The van der Waals surface area contributed by atoms with E-state index in [1.165, 1.54) is 6.07 Å². The van der Waals surface area contributed by atoms with Crippen molar-refractivity contribution in [2.45, 2.75) is 6.18 Å². The fourth-order valence-corrected chi connectivity index (χ4v) is 2.87. The van der Waals surface area contributed by atoms with Gasteiger partial charge in [-0.1, -0.05) is 12.1 Å². The Labute approximate surface area is 158 Å². The molecular formula is C19H15F3N6. The lowest BCUT2D eigenvalue weighted by Gasteiger charge is -2.12. The van der Waals surface area contributed by atoms with Crippen molar-refractivity contribution in [2.24, 2.45) is 0 Å². The number of nitrogens with zero attached hydrogens (tertiary/aromatic N) is 4. The predicted molar refractivity (Wildman–Crippen MR) is 101 cm³/mol. The molecule has 0 bridgehead atoms. The first-order valence-electron chi connectivity index (χ1n) is 8.37. The third-order valence-corrected chi connectivity index (χ3v) is 4.12. The molecule has 0 saturated heterocycles. The van der Waals surface area contributed by atoms with Gasteiger partial charge in [0.25, 0.3) is 0 Å². The molecule has 0 unspecified atom stereocenters. The molecule has 0 aliphatic rings. The number of nitrogens with one attached hydrogen (secondary N) is 2. The first-order valence-corrected chi connectivity index (χ1v) is 8.37. The summed E-state index contributed by atoms with van der Waals surface area (Å²) in [6, 6.07) is 12.2. The Kier molecular flexibility index (Phi) is 4.34. The molecular weight excluding hydrogens is 369 g/mol. The highest BCUT2D eigenvalue weighted by molar-refractivity contribution is 5.83. The fourth-order valence-electron chi connectivity index (χ4n) is 2.87. The van der Waals surface area contributed by atoms with Gasteiger partial charge in [0.2, 0.25) is 5.95 Å². The van der Waals surface area contributed by atoms with Crippen molar-refractivity contribution < 1.29 is 13.2 Å². The van der Waals surface area contributed by atoms with Crippen LogP contribution in [0.4, 0.5) is 30.8 Å². The molecule has 2 N–H and O–H groups in total. The number of aromatic nitrogens is 4. The monoisotopic (exact) mass is 384 g/mol. The molecule has 3 heterocycles. The van der Waals surface area contributed by atoms with Crippen molar-refractivity contribution >= 4 is 28.6 Å². The van der Waals surface area contributed by atoms with Crippen LogP contribution in [0.3, 0.4) is 0 Å². The van der Waals surface area contributed by atoms with Crippen molar-refractivity contribution in [3.05, 3.63) is 66.5 Å². The van der Waals surface area contributed by atoms with Crippen LogP contribution in [0.1, 0.15) is 5.56 Å². The summed E-state index contributed by atoms with van der Waals surface area (Å²) in [5, 5.41) is 5.99. The smallest absolute Gasteiger partial charge is 0.358 e. The van der Waals surface area contributed by atoms with Gasteiger partial charge in [-0.05, 0) is 30.3 Å². The summed E-state index contributed by atoms with van der Waals surface area (Å²) in [4.78, 5) is 12.9. The molecule has 6 nitrogen and oxygen atoms in total. The highest BCUT2D eigenvalue weighted by Gasteiger charge is 2.30. The Morgan fingerprint density at radius 3 is 2.54 bits per heavy atom. The summed E-state index contributed by atoms with van der Waals surface area (Å²) in [6.07, 6.45) is -1.22. The molecule has 1 aromatic carbocycles. The lowest BCUT2D eigenvalue weighted by atomic mass is 10.2. The van der Waals surface area contributed by atoms with E-state index in [4.69, 9.17) is 0 Å². The topological polar surface area (TPSA) is 67.7 Å². The van der Waals surface area contributed by atoms with Crippen molar-refractivity contribution in [1.82, 2.24) is 19.5 Å². The normalized spacial score (nSPS) is 11.6. The van der Waals surface area contributed by atoms with Crippen molar-refractivity contribution in [3.8, 4) is 5.69 Å². The lowest BCUT2D eigenvalue weighted by molar-refractivity contribution is -0.137. The van der Waals surface area contributed by atoms with Crippen LogP contribution in [-0.4, -0.2) is 26.6 Å². The van der Waals surface area contributed by atoms with E-state index in [-0.39, 0.29) is 0 Å². The van der Waals surface area contributed by atoms with E-state index in [1.54, 1.807) is 48.3 Å². The van der Waals surface area contributed by atoms with Crippen molar-refractivity contribution in [2.75, 3.05) is 17.7 Å². The second-order valence-electron chi connectivity index (χ2n) is 5.97. The maximum Gasteiger partial charge on any atom is 0.416 e. The number of pyridine rings is 2. The van der Waals surface area contributed by atoms with E-state index in [1.807, 2.05) is 6.07 Å². The van der Waals surface area contributed by atoms with E-state index >= 15 is 0 Å². The molecule has 9 heteroatoms. The number of halogens is 3. The van der Waals surface area contributed by atoms with Gasteiger partial charge in [0.15, 0.2) is 0 Å². The third kappa shape index (κ3) is 3.34. The van der Waals surface area contributed by atoms with Gasteiger partial charge in [0.1, 0.15) is 17.2 Å². The average molecular weight is 384 g/mol. The number of hydrogen-bond donors (Lipinski definition) is 2. The second-order valence-corrected chi connectivity index (χ2v) is 5.97. The molecule has 0 amide bonds. The quantitative estimate of drug-likeness (QED) is 0.537. The molecule has 0 atom stereocenters. The number of imidazole rings is 1. The van der Waals surface area contributed by atoms with E-state index < -0.39 is 11.7 Å². The molecule has 0 aliphatic heterocycles. The van der Waals surface area contributed by atoms with Crippen LogP contribution in [-0.2, 0) is 6.18 Å². The van der Waals surface area contributed by atoms with Gasteiger partial charge in [-0.25, -0.2) is 15.0 Å². The van der Waals surface area contributed by atoms with Crippen molar-refractivity contribution in [3.63, 3.8) is 0 Å². The van der Waals surface area contributed by atoms with E-state index in [9.17, 15) is 13.2 Å². The van der Waals surface area contributed by atoms with Gasteiger partial charge < -0.3 is 10.6 Å². The summed E-state index contributed by atoms with van der Waals surface area (Å²) in [5.41, 5.74) is 0.775. The maximum absolute atomic E-state index is 13.1. The van der Waals surface area contributed by atoms with Gasteiger partial charge >= 0.3 is 6.18 Å². The molecule has 142 valence electrons. The van der Waals surface area contributed by atoms with Crippen LogP contribution in [0.25, 0.3) is 16.7 Å². The zero-order valence-corrected chi connectivity index (χ0v) is 14.7. The Morgan fingerprint density at radius 1 is 0.964 bits per heavy atom. The largest absolute Gasteiger partial charge is 0.416 e. The summed E-state index contributed by atoms with van der Waals surface area (Å²) in [6.45, 7) is 0. The third-order valence-electron chi connectivity index (χ3n) is 4.12. The molecule has 4 aromatic rings. The van der Waals surface area contributed by atoms with Gasteiger partial charge in [-0.15, -0.1) is 0 Å². The molecule has 0 fully saturated rings. The van der Waals surface area contributed by atoms with Crippen LogP contribution in [0.15, 0.2) is 60.9 Å². The van der Waals surface area contributed by atoms with E-state index in [0.717, 1.165) is 12.1 Å². The highest BCUT2D eigenvalue weighted by atomic mass is 19.4. The van der Waals surface area contributed by atoms with Crippen LogP contribution in [0.2, 0.25) is 0 Å². The van der Waals surface area contributed by atoms with Crippen molar-refractivity contribution in [1.29, 1.82) is 0 Å². The molecule has 28 heavy (non-hydrogen) atoms. The Balaban J connectivity index is 1.84. The minimum atomic E-state index is -4.43. The predicted octanol–water partition coefficient (Wildman–Crippen LogP) is 4.62. The van der Waals surface area contributed by atoms with Gasteiger partial charge in [-0.2, -0.15) is 13.2 Å². The van der Waals surface area contributed by atoms with Crippen LogP contribution in [0, 0.1) is 0 Å². The summed E-state index contributed by atoms with van der Waals surface area (Å²) in [7, 11) is 1.66. The number of benzene rings is 1. The van der Waals surface area contributed by atoms with Gasteiger partial charge in [-0.3, -0.25) is 4.57 Å². The minimum Gasteiger partial charge on any atom is -0.358 e. The summed E-state index contributed by atoms with van der Waals surface area (Å²) >= 11 is 0. The van der Waals surface area contributed by atoms with Gasteiger partial charge in [0, 0.05) is 25.0 Å². The first-order chi connectivity index (χ1) is 13.5. The second kappa shape index (κ2) is 6.84. The van der Waals surface area contributed by atoms with Crippen LogP contribution in [0.5, 0.6) is 0 Å². The molecule has 0 saturated carbocycles. The maximum atomic E-state index is 13.1. The highest BCUT2D eigenvalue weighted by Crippen LogP contribution is 2.32. The average Bonchev–Trinajstić information content (AvgIpc) is 3.06. The first kappa shape index (κ1) is 17.8. The zero-order valence-electron chi connectivity index (χ0n) is 14.7. The number of fused-ring (bicyclic) bond motifs is 1. The van der Waals surface area contributed by atoms with Gasteiger partial charge in [0.05, 0.1) is 17.3 Å². The molecule has 4 rings (SSSR count). The number of rotatable bonds is 4. The summed E-state index contributed by atoms with van der Waals surface area (Å²) < 4.78 is 41.1.